The van der Waals surface area contributed by atoms with E-state index in [4.69, 9.17) is 10.5 Å². The van der Waals surface area contributed by atoms with E-state index >= 15 is 0 Å². The second-order valence-corrected chi connectivity index (χ2v) is 4.36. The molecule has 1 unspecified atom stereocenters. The number of benzene rings is 1. The number of esters is 1. The van der Waals surface area contributed by atoms with Gasteiger partial charge < -0.3 is 10.5 Å². The van der Waals surface area contributed by atoms with Crippen molar-refractivity contribution in [1.82, 2.24) is 0 Å². The van der Waals surface area contributed by atoms with Crippen LogP contribution >= 0.6 is 0 Å². The zero-order chi connectivity index (χ0) is 12.1. The molecule has 0 saturated heterocycles. The van der Waals surface area contributed by atoms with Crippen molar-refractivity contribution in [3.05, 3.63) is 29.8 Å². The van der Waals surface area contributed by atoms with Crippen LogP contribution in [-0.4, -0.2) is 12.1 Å². The fourth-order valence-electron chi connectivity index (χ4n) is 1.19. The van der Waals surface area contributed by atoms with Crippen molar-refractivity contribution in [1.29, 1.82) is 0 Å². The second-order valence-electron chi connectivity index (χ2n) is 4.36. The summed E-state index contributed by atoms with van der Waals surface area (Å²) in [5.41, 5.74) is 7.19. The molecule has 1 aromatic rings. The van der Waals surface area contributed by atoms with Crippen molar-refractivity contribution < 1.29 is 9.53 Å². The van der Waals surface area contributed by atoms with Gasteiger partial charge in [0.1, 0.15) is 6.10 Å². The lowest BCUT2D eigenvalue weighted by Gasteiger charge is -2.16. The summed E-state index contributed by atoms with van der Waals surface area (Å²) in [6.07, 6.45) is 0.262. The van der Waals surface area contributed by atoms with E-state index in [1.165, 1.54) is 0 Å². The van der Waals surface area contributed by atoms with Crippen molar-refractivity contribution in [3.8, 4) is 0 Å². The Hall–Kier alpha value is -1.51. The van der Waals surface area contributed by atoms with Crippen molar-refractivity contribution in [3.63, 3.8) is 0 Å². The molecule has 0 bridgehead atoms. The minimum Gasteiger partial charge on any atom is -0.462 e. The topological polar surface area (TPSA) is 52.3 Å². The highest BCUT2D eigenvalue weighted by molar-refractivity contribution is 5.72. The molecule has 1 rings (SSSR count). The van der Waals surface area contributed by atoms with Crippen LogP contribution in [0, 0.1) is 5.92 Å². The third-order valence-corrected chi connectivity index (χ3v) is 2.58. The average molecular weight is 221 g/mol. The van der Waals surface area contributed by atoms with Gasteiger partial charge in [-0.1, -0.05) is 26.0 Å². The first-order valence-corrected chi connectivity index (χ1v) is 5.53. The number of ether oxygens (including phenoxy) is 1. The fourth-order valence-corrected chi connectivity index (χ4v) is 1.19. The first kappa shape index (κ1) is 12.6. The van der Waals surface area contributed by atoms with Gasteiger partial charge in [0, 0.05) is 5.69 Å². The first-order chi connectivity index (χ1) is 7.49. The van der Waals surface area contributed by atoms with Crippen LogP contribution in [0.25, 0.3) is 0 Å². The van der Waals surface area contributed by atoms with Gasteiger partial charge in [0.25, 0.3) is 0 Å². The van der Waals surface area contributed by atoms with Gasteiger partial charge in [-0.3, -0.25) is 4.79 Å². The summed E-state index contributed by atoms with van der Waals surface area (Å²) < 4.78 is 5.28. The highest BCUT2D eigenvalue weighted by Crippen LogP contribution is 2.10. The molecule has 0 saturated carbocycles. The second kappa shape index (κ2) is 5.54. The van der Waals surface area contributed by atoms with Crippen LogP contribution in [0.4, 0.5) is 5.69 Å². The van der Waals surface area contributed by atoms with Crippen LogP contribution in [-0.2, 0) is 16.0 Å². The monoisotopic (exact) mass is 221 g/mol. The maximum absolute atomic E-state index is 11.6. The van der Waals surface area contributed by atoms with Crippen LogP contribution in [0.3, 0.4) is 0 Å². The lowest BCUT2D eigenvalue weighted by molar-refractivity contribution is -0.149. The van der Waals surface area contributed by atoms with Crippen LogP contribution in [0.15, 0.2) is 24.3 Å². The number of carbonyl (C=O) groups is 1. The molecule has 88 valence electrons. The predicted molar refractivity (Wildman–Crippen MR) is 65.0 cm³/mol. The minimum atomic E-state index is -0.189. The zero-order valence-corrected chi connectivity index (χ0v) is 10.1. The molecule has 0 spiro atoms. The molecule has 1 atom stereocenters. The summed E-state index contributed by atoms with van der Waals surface area (Å²) in [5.74, 6) is 0.154. The molecule has 0 fully saturated rings. The SMILES string of the molecule is CC(C)C(C)OC(=O)Cc1ccc(N)cc1. The van der Waals surface area contributed by atoms with Gasteiger partial charge >= 0.3 is 5.97 Å². The standard InChI is InChI=1S/C13H19NO2/c1-9(2)10(3)16-13(15)8-11-4-6-12(14)7-5-11/h4-7,9-10H,8,14H2,1-3H3. The van der Waals surface area contributed by atoms with E-state index in [-0.39, 0.29) is 12.1 Å². The first-order valence-electron chi connectivity index (χ1n) is 5.53. The molecule has 0 aliphatic rings. The van der Waals surface area contributed by atoms with Crippen molar-refractivity contribution in [2.45, 2.75) is 33.3 Å². The van der Waals surface area contributed by atoms with Crippen LogP contribution in [0.1, 0.15) is 26.3 Å². The van der Waals surface area contributed by atoms with E-state index in [1.807, 2.05) is 32.9 Å². The smallest absolute Gasteiger partial charge is 0.310 e. The maximum atomic E-state index is 11.6. The Morgan fingerprint density at radius 3 is 2.31 bits per heavy atom. The molecule has 0 aliphatic heterocycles. The third kappa shape index (κ3) is 3.93. The van der Waals surface area contributed by atoms with Crippen LogP contribution in [0.5, 0.6) is 0 Å². The summed E-state index contributed by atoms with van der Waals surface area (Å²) >= 11 is 0. The largest absolute Gasteiger partial charge is 0.462 e. The van der Waals surface area contributed by atoms with Crippen molar-refractivity contribution in [2.24, 2.45) is 5.92 Å². The third-order valence-electron chi connectivity index (χ3n) is 2.58. The van der Waals surface area contributed by atoms with Gasteiger partial charge in [-0.2, -0.15) is 0 Å². The lowest BCUT2D eigenvalue weighted by Crippen LogP contribution is -2.21. The summed E-state index contributed by atoms with van der Waals surface area (Å²) in [4.78, 5) is 11.6. The molecule has 1 aromatic carbocycles. The summed E-state index contributed by atoms with van der Waals surface area (Å²) in [6, 6.07) is 7.26. The fraction of sp³-hybridized carbons (Fsp3) is 0.462. The number of anilines is 1. The molecule has 0 aliphatic carbocycles. The van der Waals surface area contributed by atoms with Crippen molar-refractivity contribution in [2.75, 3.05) is 5.73 Å². The van der Waals surface area contributed by atoms with Gasteiger partial charge in [0.05, 0.1) is 6.42 Å². The predicted octanol–water partition coefficient (Wildman–Crippen LogP) is 2.40. The lowest BCUT2D eigenvalue weighted by atomic mass is 10.1. The molecule has 3 heteroatoms. The Morgan fingerprint density at radius 1 is 1.25 bits per heavy atom. The van der Waals surface area contributed by atoms with Crippen LogP contribution < -0.4 is 5.73 Å². The van der Waals surface area contributed by atoms with E-state index in [1.54, 1.807) is 12.1 Å². The van der Waals surface area contributed by atoms with Crippen LogP contribution in [0.2, 0.25) is 0 Å². The molecular formula is C13H19NO2. The normalized spacial score (nSPS) is 12.5. The van der Waals surface area contributed by atoms with E-state index in [0.29, 0.717) is 18.0 Å². The van der Waals surface area contributed by atoms with Gasteiger partial charge in [-0.25, -0.2) is 0 Å². The Labute approximate surface area is 96.6 Å². The Kier molecular flexibility index (Phi) is 4.35. The zero-order valence-electron chi connectivity index (χ0n) is 10.1. The van der Waals surface area contributed by atoms with E-state index < -0.39 is 0 Å². The van der Waals surface area contributed by atoms with E-state index in [0.717, 1.165) is 5.56 Å². The quantitative estimate of drug-likeness (QED) is 0.627. The molecule has 0 radical (unpaired) electrons. The Bertz CT molecular complexity index is 343. The molecule has 3 nitrogen and oxygen atoms in total. The number of nitrogens with two attached hydrogens (primary N) is 1. The number of hydrogen-bond acceptors (Lipinski definition) is 3. The number of carbonyl (C=O) groups excluding carboxylic acids is 1. The minimum absolute atomic E-state index is 0.0405. The molecular weight excluding hydrogens is 202 g/mol. The molecule has 0 heterocycles. The summed E-state index contributed by atoms with van der Waals surface area (Å²) in [6.45, 7) is 5.97. The van der Waals surface area contributed by atoms with E-state index in [9.17, 15) is 4.79 Å². The molecule has 0 aromatic heterocycles. The molecule has 0 amide bonds. The van der Waals surface area contributed by atoms with Crippen molar-refractivity contribution >= 4 is 11.7 Å². The molecule has 2 N–H and O–H groups in total. The van der Waals surface area contributed by atoms with Gasteiger partial charge in [0.2, 0.25) is 0 Å². The Balaban J connectivity index is 2.48. The van der Waals surface area contributed by atoms with E-state index in [2.05, 4.69) is 0 Å². The average Bonchev–Trinajstić information content (AvgIpc) is 2.21. The number of rotatable bonds is 4. The van der Waals surface area contributed by atoms with Gasteiger partial charge in [0.15, 0.2) is 0 Å². The highest BCUT2D eigenvalue weighted by atomic mass is 16.5. The Morgan fingerprint density at radius 2 is 1.81 bits per heavy atom. The summed E-state index contributed by atoms with van der Waals surface area (Å²) in [5, 5.41) is 0. The highest BCUT2D eigenvalue weighted by Gasteiger charge is 2.13. The van der Waals surface area contributed by atoms with Gasteiger partial charge in [-0.15, -0.1) is 0 Å². The summed E-state index contributed by atoms with van der Waals surface area (Å²) in [7, 11) is 0. The number of hydrogen-bond donors (Lipinski definition) is 1. The number of nitrogen functional groups attached to an aromatic ring is 1. The molecule has 16 heavy (non-hydrogen) atoms. The van der Waals surface area contributed by atoms with Gasteiger partial charge in [-0.05, 0) is 30.5 Å². The maximum Gasteiger partial charge on any atom is 0.310 e.